The Labute approximate surface area is 119 Å². The Morgan fingerprint density at radius 2 is 2.30 bits per heavy atom. The zero-order valence-corrected chi connectivity index (χ0v) is 12.2. The van der Waals surface area contributed by atoms with Gasteiger partial charge in [-0.1, -0.05) is 13.8 Å². The highest BCUT2D eigenvalue weighted by Gasteiger charge is 2.25. The number of nitrogens with one attached hydrogen (secondary N) is 1. The van der Waals surface area contributed by atoms with Crippen LogP contribution in [-0.4, -0.2) is 44.8 Å². The molecule has 6 nitrogen and oxygen atoms in total. The number of piperidine rings is 1. The highest BCUT2D eigenvalue weighted by molar-refractivity contribution is 5.63. The van der Waals surface area contributed by atoms with E-state index < -0.39 is 0 Å². The maximum atomic E-state index is 4.55. The summed E-state index contributed by atoms with van der Waals surface area (Å²) in [5, 5.41) is 11.7. The number of fused-ring (bicyclic) bond motifs is 1. The SMILES string of the molecule is CC(C)NCC1CCCCN1c1nccn2cnnc12. The standard InChI is InChI=1S/C14H22N6/c1-11(2)16-9-12-5-3-4-7-20(12)13-14-18-17-10-19(14)8-6-15-13/h6,8,10-12,16H,3-5,7,9H2,1-2H3. The average Bonchev–Trinajstić information content (AvgIpc) is 2.93. The molecule has 0 radical (unpaired) electrons. The molecule has 3 heterocycles. The highest BCUT2D eigenvalue weighted by atomic mass is 15.3. The van der Waals surface area contributed by atoms with Crippen LogP contribution in [0, 0.1) is 0 Å². The van der Waals surface area contributed by atoms with Crippen molar-refractivity contribution in [2.45, 2.75) is 45.2 Å². The maximum absolute atomic E-state index is 4.55. The van der Waals surface area contributed by atoms with E-state index in [1.807, 2.05) is 16.8 Å². The van der Waals surface area contributed by atoms with Crippen LogP contribution < -0.4 is 10.2 Å². The van der Waals surface area contributed by atoms with Crippen molar-refractivity contribution in [3.63, 3.8) is 0 Å². The summed E-state index contributed by atoms with van der Waals surface area (Å²) in [6, 6.07) is 0.997. The van der Waals surface area contributed by atoms with Crippen LogP contribution in [-0.2, 0) is 0 Å². The smallest absolute Gasteiger partial charge is 0.203 e. The van der Waals surface area contributed by atoms with E-state index in [0.717, 1.165) is 24.6 Å². The fourth-order valence-corrected chi connectivity index (χ4v) is 2.81. The van der Waals surface area contributed by atoms with Crippen molar-refractivity contribution in [2.75, 3.05) is 18.0 Å². The van der Waals surface area contributed by atoms with Crippen molar-refractivity contribution in [3.05, 3.63) is 18.7 Å². The fourth-order valence-electron chi connectivity index (χ4n) is 2.81. The molecule has 108 valence electrons. The van der Waals surface area contributed by atoms with Crippen LogP contribution in [0.5, 0.6) is 0 Å². The first kappa shape index (κ1) is 13.3. The largest absolute Gasteiger partial charge is 0.349 e. The van der Waals surface area contributed by atoms with E-state index in [1.54, 1.807) is 6.33 Å². The number of anilines is 1. The normalized spacial score (nSPS) is 19.9. The fraction of sp³-hybridized carbons (Fsp3) is 0.643. The van der Waals surface area contributed by atoms with Crippen LogP contribution in [0.4, 0.5) is 5.82 Å². The predicted octanol–water partition coefficient (Wildman–Crippen LogP) is 1.48. The first-order valence-electron chi connectivity index (χ1n) is 7.40. The molecule has 20 heavy (non-hydrogen) atoms. The summed E-state index contributed by atoms with van der Waals surface area (Å²) in [7, 11) is 0. The summed E-state index contributed by atoms with van der Waals surface area (Å²) >= 11 is 0. The lowest BCUT2D eigenvalue weighted by molar-refractivity contribution is 0.419. The van der Waals surface area contributed by atoms with E-state index in [9.17, 15) is 0 Å². The first-order chi connectivity index (χ1) is 9.75. The monoisotopic (exact) mass is 274 g/mol. The first-order valence-corrected chi connectivity index (χ1v) is 7.40. The number of hydrogen-bond donors (Lipinski definition) is 1. The Balaban J connectivity index is 1.87. The molecule has 6 heteroatoms. The number of aromatic nitrogens is 4. The lowest BCUT2D eigenvalue weighted by atomic mass is 10.0. The number of rotatable bonds is 4. The molecule has 3 rings (SSSR count). The maximum Gasteiger partial charge on any atom is 0.203 e. The molecule has 1 atom stereocenters. The molecule has 2 aromatic rings. The van der Waals surface area contributed by atoms with Gasteiger partial charge >= 0.3 is 0 Å². The highest BCUT2D eigenvalue weighted by Crippen LogP contribution is 2.25. The van der Waals surface area contributed by atoms with Crippen molar-refractivity contribution < 1.29 is 0 Å². The van der Waals surface area contributed by atoms with Gasteiger partial charge < -0.3 is 10.2 Å². The lowest BCUT2D eigenvalue weighted by Gasteiger charge is -2.37. The van der Waals surface area contributed by atoms with Gasteiger partial charge in [0.2, 0.25) is 5.65 Å². The molecule has 1 aliphatic heterocycles. The zero-order chi connectivity index (χ0) is 13.9. The Morgan fingerprint density at radius 3 is 3.15 bits per heavy atom. The molecule has 1 fully saturated rings. The second-order valence-corrected chi connectivity index (χ2v) is 5.72. The van der Waals surface area contributed by atoms with Crippen molar-refractivity contribution in [3.8, 4) is 0 Å². The van der Waals surface area contributed by atoms with Crippen LogP contribution in [0.3, 0.4) is 0 Å². The van der Waals surface area contributed by atoms with E-state index >= 15 is 0 Å². The molecule has 0 bridgehead atoms. The summed E-state index contributed by atoms with van der Waals surface area (Å²) in [6.45, 7) is 6.41. The van der Waals surface area contributed by atoms with Gasteiger partial charge in [0.25, 0.3) is 0 Å². The third kappa shape index (κ3) is 2.60. The minimum atomic E-state index is 0.488. The van der Waals surface area contributed by atoms with Gasteiger partial charge in [0, 0.05) is 37.6 Å². The molecule has 0 amide bonds. The lowest BCUT2D eigenvalue weighted by Crippen LogP contribution is -2.47. The third-order valence-electron chi connectivity index (χ3n) is 3.86. The van der Waals surface area contributed by atoms with E-state index in [2.05, 4.69) is 39.2 Å². The molecular formula is C14H22N6. The van der Waals surface area contributed by atoms with Gasteiger partial charge in [-0.25, -0.2) is 4.98 Å². The van der Waals surface area contributed by atoms with E-state index in [-0.39, 0.29) is 0 Å². The Hall–Kier alpha value is -1.69. The molecule has 0 saturated carbocycles. The third-order valence-corrected chi connectivity index (χ3v) is 3.86. The second-order valence-electron chi connectivity index (χ2n) is 5.72. The molecule has 1 aliphatic rings. The summed E-state index contributed by atoms with van der Waals surface area (Å²) < 4.78 is 1.93. The molecule has 1 saturated heterocycles. The Morgan fingerprint density at radius 1 is 1.40 bits per heavy atom. The van der Waals surface area contributed by atoms with Crippen molar-refractivity contribution in [2.24, 2.45) is 0 Å². The van der Waals surface area contributed by atoms with Crippen molar-refractivity contribution in [1.29, 1.82) is 0 Å². The van der Waals surface area contributed by atoms with Gasteiger partial charge in [0.05, 0.1) is 0 Å². The Kier molecular flexibility index (Phi) is 3.82. The molecule has 0 aromatic carbocycles. The van der Waals surface area contributed by atoms with Gasteiger partial charge in [-0.15, -0.1) is 10.2 Å². The molecule has 0 spiro atoms. The van der Waals surface area contributed by atoms with Crippen molar-refractivity contribution >= 4 is 11.5 Å². The average molecular weight is 274 g/mol. The Bertz CT molecular complexity index is 564. The van der Waals surface area contributed by atoms with Gasteiger partial charge in [0.1, 0.15) is 6.33 Å². The number of hydrogen-bond acceptors (Lipinski definition) is 5. The van der Waals surface area contributed by atoms with Crippen LogP contribution >= 0.6 is 0 Å². The molecule has 1 unspecified atom stereocenters. The zero-order valence-electron chi connectivity index (χ0n) is 12.2. The summed E-state index contributed by atoms with van der Waals surface area (Å²) in [5.74, 6) is 0.959. The number of nitrogens with zero attached hydrogens (tertiary/aromatic N) is 5. The van der Waals surface area contributed by atoms with Gasteiger partial charge in [-0.3, -0.25) is 4.40 Å². The molecule has 1 N–H and O–H groups in total. The second kappa shape index (κ2) is 5.75. The minimum absolute atomic E-state index is 0.488. The summed E-state index contributed by atoms with van der Waals surface area (Å²) in [5.41, 5.74) is 0.851. The molecular weight excluding hydrogens is 252 g/mol. The van der Waals surface area contributed by atoms with Gasteiger partial charge in [0.15, 0.2) is 5.82 Å². The van der Waals surface area contributed by atoms with Crippen molar-refractivity contribution in [1.82, 2.24) is 24.9 Å². The minimum Gasteiger partial charge on any atom is -0.349 e. The predicted molar refractivity (Wildman–Crippen MR) is 78.9 cm³/mol. The quantitative estimate of drug-likeness (QED) is 0.915. The summed E-state index contributed by atoms with van der Waals surface area (Å²) in [6.07, 6.45) is 9.16. The molecule has 0 aliphatic carbocycles. The van der Waals surface area contributed by atoms with Gasteiger partial charge in [-0.2, -0.15) is 0 Å². The van der Waals surface area contributed by atoms with Crippen LogP contribution in [0.15, 0.2) is 18.7 Å². The van der Waals surface area contributed by atoms with Crippen LogP contribution in [0.25, 0.3) is 5.65 Å². The van der Waals surface area contributed by atoms with E-state index in [0.29, 0.717) is 12.1 Å². The topological polar surface area (TPSA) is 58.4 Å². The van der Waals surface area contributed by atoms with Gasteiger partial charge in [-0.05, 0) is 19.3 Å². The molecule has 2 aromatic heterocycles. The summed E-state index contributed by atoms with van der Waals surface area (Å²) in [4.78, 5) is 6.95. The van der Waals surface area contributed by atoms with E-state index in [1.165, 1.54) is 19.3 Å². The van der Waals surface area contributed by atoms with Crippen LogP contribution in [0.2, 0.25) is 0 Å². The van der Waals surface area contributed by atoms with E-state index in [4.69, 9.17) is 0 Å². The van der Waals surface area contributed by atoms with Crippen LogP contribution in [0.1, 0.15) is 33.1 Å².